The number of likely N-dealkylation sites (N-methyl/N-ethyl adjacent to an activating group) is 1. The van der Waals surface area contributed by atoms with Crippen molar-refractivity contribution in [3.8, 4) is 10.8 Å². The van der Waals surface area contributed by atoms with Crippen molar-refractivity contribution in [2.75, 3.05) is 25.0 Å². The van der Waals surface area contributed by atoms with E-state index in [-0.39, 0.29) is 11.9 Å². The summed E-state index contributed by atoms with van der Waals surface area (Å²) in [7, 11) is 1.90. The largest absolute Gasteiger partial charge is 0.462 e. The molecule has 0 spiro atoms. The summed E-state index contributed by atoms with van der Waals surface area (Å²) >= 11 is 1.38. The van der Waals surface area contributed by atoms with Crippen molar-refractivity contribution in [1.29, 1.82) is 0 Å². The van der Waals surface area contributed by atoms with E-state index >= 15 is 0 Å². The quantitative estimate of drug-likeness (QED) is 0.695. The molecule has 26 heavy (non-hydrogen) atoms. The Morgan fingerprint density at radius 3 is 2.88 bits per heavy atom. The van der Waals surface area contributed by atoms with E-state index in [2.05, 4.69) is 34.1 Å². The number of aromatic nitrogens is 1. The van der Waals surface area contributed by atoms with Gasteiger partial charge in [-0.2, -0.15) is 0 Å². The lowest BCUT2D eigenvalue weighted by Crippen LogP contribution is -2.48. The van der Waals surface area contributed by atoms with Crippen LogP contribution in [-0.4, -0.2) is 42.0 Å². The lowest BCUT2D eigenvalue weighted by atomic mass is 10.0. The molecule has 1 unspecified atom stereocenters. The van der Waals surface area contributed by atoms with Gasteiger partial charge >= 0.3 is 0 Å². The number of hydrogen-bond acceptors (Lipinski definition) is 5. The summed E-state index contributed by atoms with van der Waals surface area (Å²) in [5.41, 5.74) is 1.22. The Hall–Kier alpha value is -2.60. The Balaban J connectivity index is 1.46. The highest BCUT2D eigenvalue weighted by molar-refractivity contribution is 7.16. The van der Waals surface area contributed by atoms with E-state index in [4.69, 9.17) is 4.42 Å². The molecule has 0 aliphatic carbocycles. The van der Waals surface area contributed by atoms with Crippen LogP contribution >= 0.6 is 11.3 Å². The number of furan rings is 1. The van der Waals surface area contributed by atoms with Gasteiger partial charge in [0.15, 0.2) is 10.8 Å². The third-order valence-electron chi connectivity index (χ3n) is 4.83. The number of para-hydroxylation sites is 1. The molecule has 1 aliphatic heterocycles. The number of benzene rings is 1. The summed E-state index contributed by atoms with van der Waals surface area (Å²) in [6.45, 7) is 1.89. The first-order valence-electron chi connectivity index (χ1n) is 8.79. The van der Waals surface area contributed by atoms with Gasteiger partial charge < -0.3 is 14.2 Å². The highest BCUT2D eigenvalue weighted by Crippen LogP contribution is 2.28. The van der Waals surface area contributed by atoms with Crippen LogP contribution in [0.1, 0.15) is 22.5 Å². The minimum Gasteiger partial charge on any atom is -0.462 e. The van der Waals surface area contributed by atoms with Crippen molar-refractivity contribution < 1.29 is 9.21 Å². The fraction of sp³-hybridized carbons (Fsp3) is 0.300. The van der Waals surface area contributed by atoms with Crippen molar-refractivity contribution >= 4 is 22.9 Å². The summed E-state index contributed by atoms with van der Waals surface area (Å²) in [5.74, 6) is 0.727. The normalized spacial score (nSPS) is 17.3. The standard InChI is InChI=1S/C20H21N3O2S/c1-22(16-9-5-11-23(14-16)15-7-3-2-4-8-15)20(24)18-13-21-19(26-18)17-10-6-12-25-17/h2-4,6-8,10,12-13,16H,5,9,11,14H2,1H3. The molecule has 3 aromatic rings. The van der Waals surface area contributed by atoms with Gasteiger partial charge in [-0.25, -0.2) is 4.98 Å². The minimum absolute atomic E-state index is 0.0280. The third-order valence-corrected chi connectivity index (χ3v) is 5.83. The van der Waals surface area contributed by atoms with Gasteiger partial charge in [-0.15, -0.1) is 11.3 Å². The Bertz CT molecular complexity index is 860. The van der Waals surface area contributed by atoms with E-state index in [0.29, 0.717) is 10.6 Å². The average Bonchev–Trinajstić information content (AvgIpc) is 3.39. The Labute approximate surface area is 156 Å². The molecular formula is C20H21N3O2S. The highest BCUT2D eigenvalue weighted by Gasteiger charge is 2.28. The van der Waals surface area contributed by atoms with Gasteiger partial charge in [0, 0.05) is 31.9 Å². The number of anilines is 1. The van der Waals surface area contributed by atoms with Crippen LogP contribution < -0.4 is 4.90 Å². The van der Waals surface area contributed by atoms with Crippen LogP contribution in [0, 0.1) is 0 Å². The number of thiazole rings is 1. The number of carbonyl (C=O) groups is 1. The summed E-state index contributed by atoms with van der Waals surface area (Å²) < 4.78 is 5.37. The zero-order chi connectivity index (χ0) is 17.9. The molecule has 3 heterocycles. The van der Waals surface area contributed by atoms with Gasteiger partial charge in [-0.3, -0.25) is 4.79 Å². The molecule has 2 aromatic heterocycles. The van der Waals surface area contributed by atoms with Gasteiger partial charge in [0.05, 0.1) is 12.5 Å². The second kappa shape index (κ2) is 7.33. The molecule has 1 aliphatic rings. The number of nitrogens with zero attached hydrogens (tertiary/aromatic N) is 3. The number of carbonyl (C=O) groups excluding carboxylic acids is 1. The second-order valence-corrected chi connectivity index (χ2v) is 7.53. The average molecular weight is 367 g/mol. The molecule has 0 saturated carbocycles. The van der Waals surface area contributed by atoms with E-state index in [9.17, 15) is 4.79 Å². The first-order valence-corrected chi connectivity index (χ1v) is 9.61. The van der Waals surface area contributed by atoms with Crippen LogP contribution in [0.15, 0.2) is 59.3 Å². The third kappa shape index (κ3) is 3.37. The van der Waals surface area contributed by atoms with E-state index in [1.165, 1.54) is 17.0 Å². The van der Waals surface area contributed by atoms with E-state index < -0.39 is 0 Å². The fourth-order valence-electron chi connectivity index (χ4n) is 3.37. The molecule has 1 fully saturated rings. The number of rotatable bonds is 4. The summed E-state index contributed by atoms with van der Waals surface area (Å²) in [6.07, 6.45) is 5.37. The molecule has 134 valence electrons. The molecule has 5 nitrogen and oxygen atoms in total. The summed E-state index contributed by atoms with van der Waals surface area (Å²) in [4.78, 5) is 22.1. The van der Waals surface area contributed by atoms with Crippen molar-refractivity contribution in [3.05, 3.63) is 59.8 Å². The van der Waals surface area contributed by atoms with E-state index in [1.807, 2.05) is 30.1 Å². The predicted octanol–water partition coefficient (Wildman–Crippen LogP) is 4.14. The maximum absolute atomic E-state index is 12.9. The molecule has 1 aromatic carbocycles. The molecule has 1 atom stereocenters. The fourth-order valence-corrected chi connectivity index (χ4v) is 4.24. The minimum atomic E-state index is 0.0280. The van der Waals surface area contributed by atoms with Crippen LogP contribution in [0.3, 0.4) is 0 Å². The lowest BCUT2D eigenvalue weighted by Gasteiger charge is -2.38. The maximum Gasteiger partial charge on any atom is 0.265 e. The van der Waals surface area contributed by atoms with Gasteiger partial charge in [-0.05, 0) is 37.1 Å². The summed E-state index contributed by atoms with van der Waals surface area (Å²) in [5, 5.41) is 0.737. The summed E-state index contributed by atoms with van der Waals surface area (Å²) in [6, 6.07) is 14.3. The van der Waals surface area contributed by atoms with Crippen molar-refractivity contribution in [2.24, 2.45) is 0 Å². The van der Waals surface area contributed by atoms with Crippen molar-refractivity contribution in [1.82, 2.24) is 9.88 Å². The Morgan fingerprint density at radius 1 is 1.27 bits per heavy atom. The van der Waals surface area contributed by atoms with Crippen molar-refractivity contribution in [2.45, 2.75) is 18.9 Å². The smallest absolute Gasteiger partial charge is 0.265 e. The van der Waals surface area contributed by atoms with Gasteiger partial charge in [0.2, 0.25) is 0 Å². The van der Waals surface area contributed by atoms with Crippen LogP contribution in [0.5, 0.6) is 0 Å². The maximum atomic E-state index is 12.9. The predicted molar refractivity (Wildman–Crippen MR) is 104 cm³/mol. The van der Waals surface area contributed by atoms with Gasteiger partial charge in [-0.1, -0.05) is 18.2 Å². The molecule has 1 amide bonds. The molecule has 0 radical (unpaired) electrons. The first-order chi connectivity index (χ1) is 12.7. The van der Waals surface area contributed by atoms with Crippen LogP contribution in [-0.2, 0) is 0 Å². The van der Waals surface area contributed by atoms with Crippen LogP contribution in [0.2, 0.25) is 0 Å². The van der Waals surface area contributed by atoms with Crippen LogP contribution in [0.4, 0.5) is 5.69 Å². The van der Waals surface area contributed by atoms with Gasteiger partial charge in [0.25, 0.3) is 5.91 Å². The molecule has 6 heteroatoms. The first kappa shape index (κ1) is 16.8. The number of piperidine rings is 1. The Kier molecular flexibility index (Phi) is 4.75. The monoisotopic (exact) mass is 367 g/mol. The highest BCUT2D eigenvalue weighted by atomic mass is 32.1. The zero-order valence-electron chi connectivity index (χ0n) is 14.7. The molecule has 0 bridgehead atoms. The topological polar surface area (TPSA) is 49.6 Å². The number of amides is 1. The van der Waals surface area contributed by atoms with Crippen molar-refractivity contribution in [3.63, 3.8) is 0 Å². The Morgan fingerprint density at radius 2 is 2.12 bits per heavy atom. The lowest BCUT2D eigenvalue weighted by molar-refractivity contribution is 0.0722. The molecular weight excluding hydrogens is 346 g/mol. The van der Waals surface area contributed by atoms with E-state index in [1.54, 1.807) is 12.5 Å². The second-order valence-electron chi connectivity index (χ2n) is 6.50. The zero-order valence-corrected chi connectivity index (χ0v) is 15.5. The number of hydrogen-bond donors (Lipinski definition) is 0. The van der Waals surface area contributed by atoms with Crippen LogP contribution in [0.25, 0.3) is 10.8 Å². The SMILES string of the molecule is CN(C(=O)c1cnc(-c2ccco2)s1)C1CCCN(c2ccccc2)C1. The molecule has 0 N–H and O–H groups in total. The van der Waals surface area contributed by atoms with E-state index in [0.717, 1.165) is 30.9 Å². The van der Waals surface area contributed by atoms with Gasteiger partial charge in [0.1, 0.15) is 4.88 Å². The molecule has 1 saturated heterocycles. The molecule has 4 rings (SSSR count).